The average Bonchev–Trinajstić information content (AvgIpc) is 2.66. The van der Waals surface area contributed by atoms with E-state index in [9.17, 15) is 0 Å². The maximum absolute atomic E-state index is 5.96. The van der Waals surface area contributed by atoms with Gasteiger partial charge in [-0.1, -0.05) is 48.5 Å². The first-order valence-corrected chi connectivity index (χ1v) is 7.05. The third kappa shape index (κ3) is 2.47. The summed E-state index contributed by atoms with van der Waals surface area (Å²) in [7, 11) is 1.98. The molecule has 0 saturated heterocycles. The molecule has 0 saturated carbocycles. The van der Waals surface area contributed by atoms with E-state index in [1.54, 1.807) is 0 Å². The third-order valence-electron chi connectivity index (χ3n) is 3.61. The summed E-state index contributed by atoms with van der Waals surface area (Å²) in [6.45, 7) is 1.62. The summed E-state index contributed by atoms with van der Waals surface area (Å²) >= 11 is 0. The summed E-state index contributed by atoms with van der Waals surface area (Å²) in [4.78, 5) is 0. The number of para-hydroxylation sites is 1. The molecule has 1 aliphatic rings. The number of rotatable bonds is 3. The molecule has 0 aliphatic carbocycles. The van der Waals surface area contributed by atoms with E-state index in [1.165, 1.54) is 22.3 Å². The first-order valence-electron chi connectivity index (χ1n) is 7.05. The van der Waals surface area contributed by atoms with Gasteiger partial charge in [-0.15, -0.1) is 0 Å². The van der Waals surface area contributed by atoms with Crippen LogP contribution in [0.15, 0.2) is 54.6 Å². The Morgan fingerprint density at radius 2 is 1.85 bits per heavy atom. The zero-order chi connectivity index (χ0) is 13.8. The number of hydrogen-bond acceptors (Lipinski definition) is 2. The zero-order valence-electron chi connectivity index (χ0n) is 11.7. The lowest BCUT2D eigenvalue weighted by atomic mass is 9.93. The highest BCUT2D eigenvalue weighted by Crippen LogP contribution is 2.36. The van der Waals surface area contributed by atoms with Crippen molar-refractivity contribution in [3.05, 3.63) is 71.3 Å². The standard InChI is InChI=1S/C18H19NO.H2/c1-19-12-6-10-16-15-8-3-2-7-14(15)13-20-18-11-5-4-9-17(16)18;/h2-5,7-11,19H,6,12-13H2,1H3;1H/b16-10+;. The Hall–Kier alpha value is -2.06. The van der Waals surface area contributed by atoms with Crippen molar-refractivity contribution in [2.24, 2.45) is 0 Å². The van der Waals surface area contributed by atoms with Gasteiger partial charge in [0.15, 0.2) is 0 Å². The summed E-state index contributed by atoms with van der Waals surface area (Å²) in [5.41, 5.74) is 5.01. The molecule has 20 heavy (non-hydrogen) atoms. The number of benzene rings is 2. The van der Waals surface area contributed by atoms with Crippen LogP contribution in [0.3, 0.4) is 0 Å². The molecule has 1 N–H and O–H groups in total. The van der Waals surface area contributed by atoms with Crippen molar-refractivity contribution >= 4 is 5.57 Å². The van der Waals surface area contributed by atoms with Gasteiger partial charge < -0.3 is 10.1 Å². The van der Waals surface area contributed by atoms with Gasteiger partial charge in [0.1, 0.15) is 12.4 Å². The van der Waals surface area contributed by atoms with Crippen LogP contribution in [0.1, 0.15) is 24.5 Å². The quantitative estimate of drug-likeness (QED) is 0.852. The predicted molar refractivity (Wildman–Crippen MR) is 85.0 cm³/mol. The van der Waals surface area contributed by atoms with Gasteiger partial charge in [-0.25, -0.2) is 0 Å². The predicted octanol–water partition coefficient (Wildman–Crippen LogP) is 3.87. The minimum absolute atomic E-state index is 0. The number of fused-ring (bicyclic) bond motifs is 2. The van der Waals surface area contributed by atoms with E-state index in [4.69, 9.17) is 4.74 Å². The second kappa shape index (κ2) is 5.93. The Morgan fingerprint density at radius 3 is 2.70 bits per heavy atom. The van der Waals surface area contributed by atoms with Crippen LogP contribution in [0, 0.1) is 0 Å². The minimum Gasteiger partial charge on any atom is -0.488 e. The molecule has 2 nitrogen and oxygen atoms in total. The molecule has 0 unspecified atom stereocenters. The SMILES string of the molecule is CNCC/C=C1\c2ccccc2COc2ccccc21.[HH]. The van der Waals surface area contributed by atoms with Crippen LogP contribution >= 0.6 is 0 Å². The highest BCUT2D eigenvalue weighted by molar-refractivity contribution is 5.84. The van der Waals surface area contributed by atoms with Gasteiger partial charge in [0.05, 0.1) is 0 Å². The molecular formula is C18H21NO. The molecule has 1 heterocycles. The van der Waals surface area contributed by atoms with Crippen LogP contribution in [0.25, 0.3) is 5.57 Å². The molecule has 0 atom stereocenters. The normalized spacial score (nSPS) is 15.2. The van der Waals surface area contributed by atoms with Crippen LogP contribution in [0.2, 0.25) is 0 Å². The summed E-state index contributed by atoms with van der Waals surface area (Å²) in [5.74, 6) is 0.972. The lowest BCUT2D eigenvalue weighted by Crippen LogP contribution is -2.06. The van der Waals surface area contributed by atoms with Gasteiger partial charge >= 0.3 is 0 Å². The summed E-state index contributed by atoms with van der Waals surface area (Å²) in [6, 6.07) is 16.8. The first kappa shape index (κ1) is 12.9. The summed E-state index contributed by atoms with van der Waals surface area (Å²) < 4.78 is 5.96. The fourth-order valence-electron chi connectivity index (χ4n) is 2.61. The van der Waals surface area contributed by atoms with E-state index in [0.717, 1.165) is 18.7 Å². The van der Waals surface area contributed by atoms with Crippen LogP contribution < -0.4 is 10.1 Å². The molecule has 0 fully saturated rings. The molecule has 2 heteroatoms. The lowest BCUT2D eigenvalue weighted by molar-refractivity contribution is 0.307. The third-order valence-corrected chi connectivity index (χ3v) is 3.61. The molecule has 2 aromatic carbocycles. The van der Waals surface area contributed by atoms with Crippen molar-refractivity contribution in [3.63, 3.8) is 0 Å². The Balaban J connectivity index is 0.00000161. The van der Waals surface area contributed by atoms with Gasteiger partial charge in [0.25, 0.3) is 0 Å². The fourth-order valence-corrected chi connectivity index (χ4v) is 2.61. The van der Waals surface area contributed by atoms with Gasteiger partial charge in [0.2, 0.25) is 0 Å². The number of ether oxygens (including phenoxy) is 1. The minimum atomic E-state index is 0. The molecule has 1 aliphatic heterocycles. The largest absolute Gasteiger partial charge is 0.488 e. The summed E-state index contributed by atoms with van der Waals surface area (Å²) in [5, 5.41) is 3.20. The van der Waals surface area contributed by atoms with Crippen molar-refractivity contribution in [2.75, 3.05) is 13.6 Å². The van der Waals surface area contributed by atoms with Crippen LogP contribution in [-0.2, 0) is 6.61 Å². The van der Waals surface area contributed by atoms with Crippen LogP contribution in [0.4, 0.5) is 0 Å². The fraction of sp³-hybridized carbons (Fsp3) is 0.222. The maximum Gasteiger partial charge on any atom is 0.127 e. The van der Waals surface area contributed by atoms with Crippen molar-refractivity contribution < 1.29 is 6.16 Å². The van der Waals surface area contributed by atoms with Crippen molar-refractivity contribution in [1.29, 1.82) is 0 Å². The molecule has 0 radical (unpaired) electrons. The van der Waals surface area contributed by atoms with E-state index in [2.05, 4.69) is 47.8 Å². The van der Waals surface area contributed by atoms with Gasteiger partial charge in [0, 0.05) is 6.99 Å². The van der Waals surface area contributed by atoms with E-state index < -0.39 is 0 Å². The molecule has 2 aromatic rings. The van der Waals surface area contributed by atoms with Crippen molar-refractivity contribution in [3.8, 4) is 5.75 Å². The molecular weight excluding hydrogens is 246 g/mol. The molecule has 0 amide bonds. The zero-order valence-corrected chi connectivity index (χ0v) is 11.7. The van der Waals surface area contributed by atoms with E-state index >= 15 is 0 Å². The highest BCUT2D eigenvalue weighted by Gasteiger charge is 2.17. The van der Waals surface area contributed by atoms with E-state index in [-0.39, 0.29) is 1.43 Å². The molecule has 0 bridgehead atoms. The molecule has 0 spiro atoms. The van der Waals surface area contributed by atoms with Crippen LogP contribution in [0.5, 0.6) is 5.75 Å². The van der Waals surface area contributed by atoms with Gasteiger partial charge in [-0.2, -0.15) is 0 Å². The topological polar surface area (TPSA) is 21.3 Å². The van der Waals surface area contributed by atoms with Gasteiger partial charge in [-0.05, 0) is 42.8 Å². The molecule has 3 rings (SSSR count). The maximum atomic E-state index is 5.96. The molecule has 104 valence electrons. The lowest BCUT2D eigenvalue weighted by Gasteiger charge is -2.10. The van der Waals surface area contributed by atoms with Gasteiger partial charge in [-0.3, -0.25) is 0 Å². The highest BCUT2D eigenvalue weighted by atomic mass is 16.5. The Morgan fingerprint density at radius 1 is 1.10 bits per heavy atom. The second-order valence-corrected chi connectivity index (χ2v) is 4.95. The number of hydrogen-bond donors (Lipinski definition) is 1. The molecule has 0 aromatic heterocycles. The smallest absolute Gasteiger partial charge is 0.127 e. The second-order valence-electron chi connectivity index (χ2n) is 4.95. The first-order chi connectivity index (χ1) is 9.90. The Bertz CT molecular complexity index is 587. The monoisotopic (exact) mass is 267 g/mol. The van der Waals surface area contributed by atoms with E-state index in [1.807, 2.05) is 19.2 Å². The average molecular weight is 267 g/mol. The summed E-state index contributed by atoms with van der Waals surface area (Å²) in [6.07, 6.45) is 3.32. The Kier molecular flexibility index (Phi) is 3.84. The van der Waals surface area contributed by atoms with E-state index in [0.29, 0.717) is 6.61 Å². The van der Waals surface area contributed by atoms with Crippen molar-refractivity contribution in [1.82, 2.24) is 5.32 Å². The Labute approximate surface area is 121 Å². The number of nitrogens with one attached hydrogen (secondary N) is 1. The van der Waals surface area contributed by atoms with Crippen molar-refractivity contribution in [2.45, 2.75) is 13.0 Å². The van der Waals surface area contributed by atoms with Crippen LogP contribution in [-0.4, -0.2) is 13.6 Å².